The monoisotopic (exact) mass is 492 g/mol. The highest BCUT2D eigenvalue weighted by Gasteiger charge is 2.31. The van der Waals surface area contributed by atoms with E-state index < -0.39 is 6.04 Å². The van der Waals surface area contributed by atoms with Gasteiger partial charge in [0.1, 0.15) is 17.4 Å². The van der Waals surface area contributed by atoms with E-state index >= 15 is 0 Å². The molecule has 5 rings (SSSR count). The SMILES string of the molecule is CC1=C(C(=O)Nc2ccc(Cl)cn2)C(c2ccccc2Cl)N=C(Nc2nc3ccccc3o2)N1. The van der Waals surface area contributed by atoms with Crippen LogP contribution >= 0.6 is 23.2 Å². The van der Waals surface area contributed by atoms with E-state index in [2.05, 4.69) is 25.9 Å². The molecule has 3 N–H and O–H groups in total. The molecule has 34 heavy (non-hydrogen) atoms. The van der Waals surface area contributed by atoms with Gasteiger partial charge in [0.2, 0.25) is 5.96 Å². The molecule has 0 saturated heterocycles. The third-order valence-corrected chi connectivity index (χ3v) is 5.74. The van der Waals surface area contributed by atoms with Crippen LogP contribution in [0.5, 0.6) is 0 Å². The Morgan fingerprint density at radius 2 is 1.85 bits per heavy atom. The van der Waals surface area contributed by atoms with Gasteiger partial charge >= 0.3 is 6.01 Å². The summed E-state index contributed by atoms with van der Waals surface area (Å²) in [5, 5.41) is 9.95. The maximum atomic E-state index is 13.3. The number of hydrogen-bond acceptors (Lipinski definition) is 7. The average molecular weight is 493 g/mol. The summed E-state index contributed by atoms with van der Waals surface area (Å²) >= 11 is 12.4. The number of allylic oxidation sites excluding steroid dienone is 1. The lowest BCUT2D eigenvalue weighted by molar-refractivity contribution is -0.113. The maximum absolute atomic E-state index is 13.3. The zero-order valence-electron chi connectivity index (χ0n) is 17.8. The zero-order valence-corrected chi connectivity index (χ0v) is 19.4. The number of carbonyl (C=O) groups excluding carboxylic acids is 1. The van der Waals surface area contributed by atoms with Crippen LogP contribution in [-0.4, -0.2) is 21.8 Å². The molecule has 2 aromatic heterocycles. The summed E-state index contributed by atoms with van der Waals surface area (Å²) < 4.78 is 5.75. The Morgan fingerprint density at radius 1 is 1.06 bits per heavy atom. The van der Waals surface area contributed by atoms with Gasteiger partial charge in [0, 0.05) is 22.5 Å². The van der Waals surface area contributed by atoms with Crippen molar-refractivity contribution in [2.24, 2.45) is 4.99 Å². The highest BCUT2D eigenvalue weighted by molar-refractivity contribution is 6.31. The summed E-state index contributed by atoms with van der Waals surface area (Å²) in [4.78, 5) is 26.6. The Hall–Kier alpha value is -3.88. The number of anilines is 2. The second kappa shape index (κ2) is 9.17. The third kappa shape index (κ3) is 4.46. The Morgan fingerprint density at radius 3 is 2.62 bits per heavy atom. The van der Waals surface area contributed by atoms with E-state index in [-0.39, 0.29) is 11.9 Å². The molecule has 0 fully saturated rings. The molecule has 0 saturated carbocycles. The molecule has 0 spiro atoms. The van der Waals surface area contributed by atoms with Crippen molar-refractivity contribution in [2.75, 3.05) is 10.6 Å². The predicted octanol–water partition coefficient (Wildman–Crippen LogP) is 5.55. The molecule has 3 heterocycles. The Labute approximate surface area is 204 Å². The fourth-order valence-electron chi connectivity index (χ4n) is 3.62. The quantitative estimate of drug-likeness (QED) is 0.344. The number of carbonyl (C=O) groups is 1. The summed E-state index contributed by atoms with van der Waals surface area (Å²) in [6.45, 7) is 1.79. The molecule has 170 valence electrons. The van der Waals surface area contributed by atoms with Gasteiger partial charge in [-0.3, -0.25) is 10.1 Å². The van der Waals surface area contributed by atoms with Gasteiger partial charge in [0.15, 0.2) is 5.58 Å². The molecule has 1 unspecified atom stereocenters. The number of pyridine rings is 1. The summed E-state index contributed by atoms with van der Waals surface area (Å²) in [5.74, 6) is 0.372. The summed E-state index contributed by atoms with van der Waals surface area (Å²) in [5.41, 5.74) is 3.02. The lowest BCUT2D eigenvalue weighted by Crippen LogP contribution is -2.37. The van der Waals surface area contributed by atoms with Gasteiger partial charge in [-0.1, -0.05) is 53.5 Å². The van der Waals surface area contributed by atoms with Gasteiger partial charge in [-0.2, -0.15) is 4.98 Å². The number of amides is 1. The minimum atomic E-state index is -0.686. The van der Waals surface area contributed by atoms with Crippen LogP contribution in [-0.2, 0) is 4.79 Å². The van der Waals surface area contributed by atoms with Crippen molar-refractivity contribution in [3.05, 3.63) is 93.7 Å². The van der Waals surface area contributed by atoms with Gasteiger partial charge in [0.05, 0.1) is 10.6 Å². The second-order valence-corrected chi connectivity index (χ2v) is 8.34. The van der Waals surface area contributed by atoms with Crippen molar-refractivity contribution in [1.82, 2.24) is 15.3 Å². The molecular formula is C24H18Cl2N6O2. The molecule has 1 atom stereocenters. The van der Waals surface area contributed by atoms with Crippen molar-refractivity contribution in [3.8, 4) is 0 Å². The first kappa shape index (κ1) is 21.9. The fraction of sp³-hybridized carbons (Fsp3) is 0.0833. The lowest BCUT2D eigenvalue weighted by atomic mass is 9.95. The van der Waals surface area contributed by atoms with E-state index in [9.17, 15) is 4.79 Å². The Balaban J connectivity index is 1.49. The first-order valence-electron chi connectivity index (χ1n) is 10.3. The third-order valence-electron chi connectivity index (χ3n) is 5.17. The number of rotatable bonds is 4. The number of oxazole rings is 1. The van der Waals surface area contributed by atoms with Crippen molar-refractivity contribution in [2.45, 2.75) is 13.0 Å². The number of benzene rings is 2. The minimum Gasteiger partial charge on any atom is -0.423 e. The molecule has 0 aliphatic carbocycles. The summed E-state index contributed by atoms with van der Waals surface area (Å²) in [7, 11) is 0. The van der Waals surface area contributed by atoms with Gasteiger partial charge in [-0.05, 0) is 37.3 Å². The van der Waals surface area contributed by atoms with E-state index in [4.69, 9.17) is 32.6 Å². The normalized spacial score (nSPS) is 15.6. The number of nitrogens with zero attached hydrogens (tertiary/aromatic N) is 3. The predicted molar refractivity (Wildman–Crippen MR) is 133 cm³/mol. The van der Waals surface area contributed by atoms with Crippen LogP contribution in [0.2, 0.25) is 10.0 Å². The molecule has 0 bridgehead atoms. The molecule has 1 aliphatic rings. The summed E-state index contributed by atoms with van der Waals surface area (Å²) in [6, 6.07) is 17.6. The maximum Gasteiger partial charge on any atom is 0.302 e. The minimum absolute atomic E-state index is 0.274. The number of halogens is 2. The Kier molecular flexibility index (Phi) is 5.91. The van der Waals surface area contributed by atoms with Crippen LogP contribution < -0.4 is 16.0 Å². The highest BCUT2D eigenvalue weighted by atomic mass is 35.5. The van der Waals surface area contributed by atoms with E-state index in [0.717, 1.165) is 0 Å². The highest BCUT2D eigenvalue weighted by Crippen LogP contribution is 2.35. The van der Waals surface area contributed by atoms with Crippen molar-refractivity contribution >= 4 is 58.0 Å². The van der Waals surface area contributed by atoms with E-state index in [1.165, 1.54) is 6.20 Å². The van der Waals surface area contributed by atoms with Crippen LogP contribution in [0.4, 0.5) is 11.8 Å². The molecule has 4 aromatic rings. The fourth-order valence-corrected chi connectivity index (χ4v) is 3.97. The number of nitrogens with one attached hydrogen (secondary N) is 3. The van der Waals surface area contributed by atoms with Crippen LogP contribution in [0.1, 0.15) is 18.5 Å². The van der Waals surface area contributed by atoms with Gasteiger partial charge in [-0.15, -0.1) is 0 Å². The number of guanidine groups is 1. The van der Waals surface area contributed by atoms with Crippen LogP contribution in [0, 0.1) is 0 Å². The molecule has 8 nitrogen and oxygen atoms in total. The molecule has 1 aliphatic heterocycles. The molecule has 2 aromatic carbocycles. The molecule has 10 heteroatoms. The van der Waals surface area contributed by atoms with E-state index in [0.29, 0.717) is 49.8 Å². The van der Waals surface area contributed by atoms with Gasteiger partial charge < -0.3 is 15.1 Å². The number of aromatic nitrogens is 2. The first-order chi connectivity index (χ1) is 16.5. The molecular weight excluding hydrogens is 475 g/mol. The van der Waals surface area contributed by atoms with Crippen LogP contribution in [0.25, 0.3) is 11.1 Å². The average Bonchev–Trinajstić information content (AvgIpc) is 3.22. The van der Waals surface area contributed by atoms with E-state index in [1.807, 2.05) is 42.5 Å². The van der Waals surface area contributed by atoms with Crippen molar-refractivity contribution < 1.29 is 9.21 Å². The number of para-hydroxylation sites is 2. The first-order valence-corrected chi connectivity index (χ1v) is 11.1. The smallest absolute Gasteiger partial charge is 0.302 e. The van der Waals surface area contributed by atoms with Crippen molar-refractivity contribution in [1.29, 1.82) is 0 Å². The topological polar surface area (TPSA) is 104 Å². The number of aliphatic imine (C=N–C) groups is 1. The number of hydrogen-bond donors (Lipinski definition) is 3. The largest absolute Gasteiger partial charge is 0.423 e. The molecule has 1 amide bonds. The summed E-state index contributed by atoms with van der Waals surface area (Å²) in [6.07, 6.45) is 1.46. The van der Waals surface area contributed by atoms with Crippen molar-refractivity contribution in [3.63, 3.8) is 0 Å². The number of fused-ring (bicyclic) bond motifs is 1. The standard InChI is InChI=1S/C24H18Cl2N6O2/c1-13-20(22(33)30-19-11-10-14(25)12-27-19)21(15-6-2-3-7-16(15)26)31-23(28-13)32-24-29-17-8-4-5-9-18(17)34-24/h2-12,21H,1H3,(H,27,30,33)(H2,28,29,31,32). The Bertz CT molecular complexity index is 1410. The van der Waals surface area contributed by atoms with Crippen LogP contribution in [0.15, 0.2) is 87.5 Å². The van der Waals surface area contributed by atoms with E-state index in [1.54, 1.807) is 25.1 Å². The van der Waals surface area contributed by atoms with Gasteiger partial charge in [0.25, 0.3) is 5.91 Å². The zero-order chi connectivity index (χ0) is 23.7. The molecule has 0 radical (unpaired) electrons. The van der Waals surface area contributed by atoms with Gasteiger partial charge in [-0.25, -0.2) is 9.98 Å². The lowest BCUT2D eigenvalue weighted by Gasteiger charge is -2.26. The second-order valence-electron chi connectivity index (χ2n) is 7.49. The van der Waals surface area contributed by atoms with Crippen LogP contribution in [0.3, 0.4) is 0 Å².